The molecular formula is C26H16FNO5. The van der Waals surface area contributed by atoms with E-state index in [2.05, 4.69) is 0 Å². The SMILES string of the molecule is O=C1[C@@H]2[C@H](c3ccccc3)OC3(C(=O)c4ccccc4C3=O)[C@H]2C(=O)N1c1cccc(F)c1. The largest absolute Gasteiger partial charge is 0.349 e. The van der Waals surface area contributed by atoms with Crippen molar-refractivity contribution in [2.75, 3.05) is 4.90 Å². The van der Waals surface area contributed by atoms with Crippen molar-refractivity contribution in [3.8, 4) is 0 Å². The van der Waals surface area contributed by atoms with E-state index in [4.69, 9.17) is 4.74 Å². The van der Waals surface area contributed by atoms with Gasteiger partial charge >= 0.3 is 0 Å². The van der Waals surface area contributed by atoms with Gasteiger partial charge in [0.1, 0.15) is 5.82 Å². The van der Waals surface area contributed by atoms with E-state index in [0.29, 0.717) is 5.56 Å². The predicted molar refractivity (Wildman–Crippen MR) is 114 cm³/mol. The molecule has 33 heavy (non-hydrogen) atoms. The number of anilines is 1. The predicted octanol–water partition coefficient (Wildman–Crippen LogP) is 3.52. The van der Waals surface area contributed by atoms with Crippen LogP contribution in [-0.4, -0.2) is 29.0 Å². The lowest BCUT2D eigenvalue weighted by Crippen LogP contribution is -2.51. The van der Waals surface area contributed by atoms with E-state index in [1.807, 2.05) is 0 Å². The third kappa shape index (κ3) is 2.45. The highest BCUT2D eigenvalue weighted by molar-refractivity contribution is 6.37. The zero-order valence-electron chi connectivity index (χ0n) is 17.1. The molecule has 3 aliphatic rings. The molecule has 3 aromatic rings. The Kier molecular flexibility index (Phi) is 4.04. The van der Waals surface area contributed by atoms with Crippen LogP contribution < -0.4 is 4.90 Å². The molecular weight excluding hydrogens is 425 g/mol. The third-order valence-electron chi connectivity index (χ3n) is 6.71. The molecule has 2 saturated heterocycles. The summed E-state index contributed by atoms with van der Waals surface area (Å²) in [5.41, 5.74) is -1.18. The lowest BCUT2D eigenvalue weighted by Gasteiger charge is -2.27. The maximum atomic E-state index is 13.9. The van der Waals surface area contributed by atoms with Crippen LogP contribution in [0.3, 0.4) is 0 Å². The Labute approximate surface area is 187 Å². The molecule has 6 nitrogen and oxygen atoms in total. The smallest absolute Gasteiger partial charge is 0.241 e. The first-order valence-corrected chi connectivity index (χ1v) is 10.5. The van der Waals surface area contributed by atoms with Crippen molar-refractivity contribution in [2.24, 2.45) is 11.8 Å². The average Bonchev–Trinajstić information content (AvgIpc) is 3.40. The summed E-state index contributed by atoms with van der Waals surface area (Å²) in [4.78, 5) is 55.4. The molecule has 6 rings (SSSR count). The second kappa shape index (κ2) is 6.76. The number of imide groups is 1. The summed E-state index contributed by atoms with van der Waals surface area (Å²) in [5, 5.41) is 0. The van der Waals surface area contributed by atoms with Crippen molar-refractivity contribution < 1.29 is 28.3 Å². The van der Waals surface area contributed by atoms with E-state index >= 15 is 0 Å². The third-order valence-corrected chi connectivity index (χ3v) is 6.71. The zero-order valence-corrected chi connectivity index (χ0v) is 17.1. The summed E-state index contributed by atoms with van der Waals surface area (Å²) in [6.45, 7) is 0. The number of benzene rings is 3. The Hall–Kier alpha value is -3.97. The molecule has 0 unspecified atom stereocenters. The van der Waals surface area contributed by atoms with Crippen LogP contribution >= 0.6 is 0 Å². The molecule has 162 valence electrons. The Morgan fingerprint density at radius 3 is 2.03 bits per heavy atom. The van der Waals surface area contributed by atoms with Gasteiger partial charge in [-0.3, -0.25) is 19.2 Å². The van der Waals surface area contributed by atoms with E-state index in [-0.39, 0.29) is 16.8 Å². The van der Waals surface area contributed by atoms with Gasteiger partial charge in [-0.05, 0) is 23.8 Å². The van der Waals surface area contributed by atoms with Crippen LogP contribution in [0, 0.1) is 17.7 Å². The van der Waals surface area contributed by atoms with Crippen LogP contribution in [0.1, 0.15) is 32.4 Å². The summed E-state index contributed by atoms with van der Waals surface area (Å²) in [5.74, 6) is -5.70. The minimum atomic E-state index is -2.14. The van der Waals surface area contributed by atoms with Gasteiger partial charge in [-0.15, -0.1) is 0 Å². The molecule has 1 spiro atoms. The van der Waals surface area contributed by atoms with Crippen LogP contribution in [-0.2, 0) is 14.3 Å². The topological polar surface area (TPSA) is 80.8 Å². The fourth-order valence-electron chi connectivity index (χ4n) is 5.33. The van der Waals surface area contributed by atoms with E-state index in [1.165, 1.54) is 30.3 Å². The van der Waals surface area contributed by atoms with E-state index in [1.54, 1.807) is 42.5 Å². The Bertz CT molecular complexity index is 1330. The van der Waals surface area contributed by atoms with Crippen LogP contribution in [0.2, 0.25) is 0 Å². The molecule has 2 fully saturated rings. The summed E-state index contributed by atoms with van der Waals surface area (Å²) in [6, 6.07) is 20.1. The van der Waals surface area contributed by atoms with Crippen LogP contribution in [0.15, 0.2) is 78.9 Å². The lowest BCUT2D eigenvalue weighted by molar-refractivity contribution is -0.127. The molecule has 7 heteroatoms. The van der Waals surface area contributed by atoms with Crippen molar-refractivity contribution in [1.29, 1.82) is 0 Å². The number of Topliss-reactive ketones (excluding diaryl/α,β-unsaturated/α-hetero) is 2. The number of hydrogen-bond donors (Lipinski definition) is 0. The minimum absolute atomic E-state index is 0.0526. The molecule has 2 heterocycles. The standard InChI is InChI=1S/C26H16FNO5/c27-15-9-6-10-16(13-15)28-24(31)19-20(25(28)32)26(33-21(19)14-7-2-1-3-8-14)22(29)17-11-4-5-12-18(17)23(26)30/h1-13,19-21H/t19-,20+,21-/m0/s1. The maximum Gasteiger partial charge on any atom is 0.241 e. The van der Waals surface area contributed by atoms with Crippen LogP contribution in [0.4, 0.5) is 10.1 Å². The van der Waals surface area contributed by atoms with Crippen LogP contribution in [0.25, 0.3) is 0 Å². The van der Waals surface area contributed by atoms with Crippen molar-refractivity contribution >= 4 is 29.1 Å². The number of carbonyl (C=O) groups excluding carboxylic acids is 4. The number of ketones is 2. The summed E-state index contributed by atoms with van der Waals surface area (Å²) < 4.78 is 20.1. The Morgan fingerprint density at radius 1 is 0.758 bits per heavy atom. The number of carbonyl (C=O) groups is 4. The molecule has 1 aliphatic carbocycles. The highest BCUT2D eigenvalue weighted by atomic mass is 19.1. The van der Waals surface area contributed by atoms with Crippen molar-refractivity contribution in [3.05, 3.63) is 101 Å². The molecule has 0 aromatic heterocycles. The van der Waals surface area contributed by atoms with E-state index in [0.717, 1.165) is 11.0 Å². The highest BCUT2D eigenvalue weighted by Crippen LogP contribution is 2.57. The molecule has 0 radical (unpaired) electrons. The van der Waals surface area contributed by atoms with Gasteiger partial charge in [0.25, 0.3) is 0 Å². The molecule has 3 aromatic carbocycles. The second-order valence-electron chi connectivity index (χ2n) is 8.38. The quantitative estimate of drug-likeness (QED) is 0.449. The molecule has 0 N–H and O–H groups in total. The van der Waals surface area contributed by atoms with Crippen LogP contribution in [0.5, 0.6) is 0 Å². The normalized spacial score (nSPS) is 25.1. The number of rotatable bonds is 2. The van der Waals surface area contributed by atoms with Crippen molar-refractivity contribution in [3.63, 3.8) is 0 Å². The van der Waals surface area contributed by atoms with E-state index < -0.39 is 52.7 Å². The minimum Gasteiger partial charge on any atom is -0.349 e. The molecule has 0 saturated carbocycles. The number of amides is 2. The van der Waals surface area contributed by atoms with Gasteiger partial charge in [-0.25, -0.2) is 9.29 Å². The fourth-order valence-corrected chi connectivity index (χ4v) is 5.33. The number of ether oxygens (including phenoxy) is 1. The first-order chi connectivity index (χ1) is 15.9. The van der Waals surface area contributed by atoms with Gasteiger partial charge in [0.15, 0.2) is 0 Å². The average molecular weight is 441 g/mol. The molecule has 3 atom stereocenters. The highest BCUT2D eigenvalue weighted by Gasteiger charge is 2.74. The van der Waals surface area contributed by atoms with Gasteiger partial charge in [0.2, 0.25) is 29.0 Å². The number of halogens is 1. The van der Waals surface area contributed by atoms with Crippen molar-refractivity contribution in [1.82, 2.24) is 0 Å². The number of nitrogens with zero attached hydrogens (tertiary/aromatic N) is 1. The van der Waals surface area contributed by atoms with Gasteiger partial charge in [-0.2, -0.15) is 0 Å². The first-order valence-electron chi connectivity index (χ1n) is 10.5. The summed E-state index contributed by atoms with van der Waals surface area (Å²) in [7, 11) is 0. The Morgan fingerprint density at radius 2 is 1.39 bits per heavy atom. The van der Waals surface area contributed by atoms with Gasteiger partial charge in [-0.1, -0.05) is 60.7 Å². The summed E-state index contributed by atoms with van der Waals surface area (Å²) >= 11 is 0. The monoisotopic (exact) mass is 441 g/mol. The van der Waals surface area contributed by atoms with E-state index in [9.17, 15) is 23.6 Å². The lowest BCUT2D eigenvalue weighted by atomic mass is 9.77. The molecule has 2 amide bonds. The number of fused-ring (bicyclic) bond motifs is 3. The fraction of sp³-hybridized carbons (Fsp3) is 0.154. The Balaban J connectivity index is 1.56. The number of hydrogen-bond acceptors (Lipinski definition) is 5. The zero-order chi connectivity index (χ0) is 22.9. The summed E-state index contributed by atoms with van der Waals surface area (Å²) in [6.07, 6.45) is -0.992. The maximum absolute atomic E-state index is 13.9. The molecule has 2 aliphatic heterocycles. The van der Waals surface area contributed by atoms with Gasteiger partial charge < -0.3 is 4.74 Å². The van der Waals surface area contributed by atoms with Crippen molar-refractivity contribution in [2.45, 2.75) is 11.7 Å². The first kappa shape index (κ1) is 19.7. The molecule has 0 bridgehead atoms. The second-order valence-corrected chi connectivity index (χ2v) is 8.38. The van der Waals surface area contributed by atoms with Gasteiger partial charge in [0, 0.05) is 11.1 Å². The van der Waals surface area contributed by atoms with Gasteiger partial charge in [0.05, 0.1) is 23.6 Å².